The summed E-state index contributed by atoms with van der Waals surface area (Å²) >= 11 is 0. The molecule has 0 spiro atoms. The molecule has 4 aromatic rings. The number of halogens is 2. The number of carbonyl (C=O) groups excluding carboxylic acids is 2. The van der Waals surface area contributed by atoms with E-state index in [-0.39, 0.29) is 12.6 Å². The predicted octanol–water partition coefficient (Wildman–Crippen LogP) is 4.48. The Morgan fingerprint density at radius 2 is 1.76 bits per heavy atom. The monoisotopic (exact) mass is 505 g/mol. The van der Waals surface area contributed by atoms with Gasteiger partial charge in [-0.15, -0.1) is 0 Å². The maximum absolute atomic E-state index is 13.1. The van der Waals surface area contributed by atoms with E-state index in [0.29, 0.717) is 23.7 Å². The van der Waals surface area contributed by atoms with Crippen molar-refractivity contribution in [2.75, 3.05) is 18.8 Å². The van der Waals surface area contributed by atoms with Crippen LogP contribution in [-0.2, 0) is 13.1 Å². The van der Waals surface area contributed by atoms with Gasteiger partial charge >= 0.3 is 6.03 Å². The summed E-state index contributed by atoms with van der Waals surface area (Å²) in [4.78, 5) is 29.7. The number of aryl methyl sites for hydroxylation is 1. The van der Waals surface area contributed by atoms with Crippen molar-refractivity contribution in [3.63, 3.8) is 0 Å². The number of fused-ring (bicyclic) bond motifs is 1. The van der Waals surface area contributed by atoms with Crippen LogP contribution in [0, 0.1) is 6.92 Å². The van der Waals surface area contributed by atoms with Gasteiger partial charge < -0.3 is 25.7 Å². The van der Waals surface area contributed by atoms with Gasteiger partial charge in [0.05, 0.1) is 19.6 Å². The molecule has 0 bridgehead atoms. The average molecular weight is 506 g/mol. The van der Waals surface area contributed by atoms with E-state index < -0.39 is 24.9 Å². The van der Waals surface area contributed by atoms with Crippen LogP contribution in [0.15, 0.2) is 65.2 Å². The van der Waals surface area contributed by atoms with Crippen LogP contribution in [-0.4, -0.2) is 40.8 Å². The van der Waals surface area contributed by atoms with Crippen molar-refractivity contribution in [1.29, 1.82) is 0 Å². The Kier molecular flexibility index (Phi) is 6.24. The maximum Gasteiger partial charge on any atom is 0.315 e. The van der Waals surface area contributed by atoms with Crippen molar-refractivity contribution in [1.82, 2.24) is 20.5 Å². The van der Waals surface area contributed by atoms with Crippen molar-refractivity contribution in [3.8, 4) is 11.1 Å². The van der Waals surface area contributed by atoms with Gasteiger partial charge in [-0.25, -0.2) is 18.6 Å². The molecule has 3 amide bonds. The molecular weight excluding hydrogens is 480 g/mol. The Labute approximate surface area is 211 Å². The first kappa shape index (κ1) is 24.2. The molecular formula is C27H25F2N5O3. The van der Waals surface area contributed by atoms with E-state index in [1.807, 2.05) is 25.1 Å². The predicted molar refractivity (Wildman–Crippen MR) is 135 cm³/mol. The molecule has 1 saturated heterocycles. The fourth-order valence-corrected chi connectivity index (χ4v) is 4.23. The summed E-state index contributed by atoms with van der Waals surface area (Å²) in [5.74, 6) is -2.17. The Morgan fingerprint density at radius 3 is 2.43 bits per heavy atom. The number of alkyl halides is 2. The van der Waals surface area contributed by atoms with Crippen LogP contribution in [0.1, 0.15) is 27.2 Å². The van der Waals surface area contributed by atoms with Gasteiger partial charge in [-0.2, -0.15) is 0 Å². The molecule has 2 aromatic heterocycles. The molecule has 10 heteroatoms. The summed E-state index contributed by atoms with van der Waals surface area (Å²) in [6.45, 7) is 1.38. The van der Waals surface area contributed by atoms with Crippen molar-refractivity contribution in [3.05, 3.63) is 83.2 Å². The summed E-state index contributed by atoms with van der Waals surface area (Å²) in [6, 6.07) is 15.8. The molecule has 0 atom stereocenters. The number of nitrogens with one attached hydrogen (secondary N) is 2. The summed E-state index contributed by atoms with van der Waals surface area (Å²) in [5.41, 5.74) is 10.2. The number of anilines is 1. The zero-order chi connectivity index (χ0) is 26.2. The molecule has 1 fully saturated rings. The Hall–Kier alpha value is -4.47. The molecule has 0 unspecified atom stereocenters. The third kappa shape index (κ3) is 5.37. The van der Waals surface area contributed by atoms with Crippen LogP contribution in [0.25, 0.3) is 22.1 Å². The van der Waals surface area contributed by atoms with Gasteiger partial charge in [-0.1, -0.05) is 18.2 Å². The third-order valence-corrected chi connectivity index (χ3v) is 6.17. The minimum atomic E-state index is -2.79. The number of nitrogens with two attached hydrogens (primary N) is 1. The highest BCUT2D eigenvalue weighted by Crippen LogP contribution is 2.31. The number of carbonyl (C=O) groups is 2. The smallest absolute Gasteiger partial charge is 0.315 e. The Balaban J connectivity index is 1.22. The minimum absolute atomic E-state index is 0.210. The first-order valence-electron chi connectivity index (χ1n) is 11.7. The SMILES string of the molecule is Cc1cc(-c2ccc(C(=O)N3CC(F)(F)C3)cc2)cc2cc(CNC(=O)NCc3ccc(N)nc3)oc12. The van der Waals surface area contributed by atoms with Gasteiger partial charge in [-0.05, 0) is 65.6 Å². The number of hydrogen-bond donors (Lipinski definition) is 3. The second-order valence-corrected chi connectivity index (χ2v) is 9.15. The van der Waals surface area contributed by atoms with Gasteiger partial charge in [-0.3, -0.25) is 4.79 Å². The van der Waals surface area contributed by atoms with Crippen LogP contribution >= 0.6 is 0 Å². The molecule has 0 saturated carbocycles. The van der Waals surface area contributed by atoms with E-state index in [9.17, 15) is 18.4 Å². The molecule has 1 aliphatic rings. The third-order valence-electron chi connectivity index (χ3n) is 6.17. The second-order valence-electron chi connectivity index (χ2n) is 9.15. The normalized spacial score (nSPS) is 14.3. The highest BCUT2D eigenvalue weighted by atomic mass is 19.3. The Bertz CT molecular complexity index is 1460. The first-order chi connectivity index (χ1) is 17.7. The van der Waals surface area contributed by atoms with E-state index in [1.165, 1.54) is 0 Å². The number of likely N-dealkylation sites (tertiary alicyclic amines) is 1. The highest BCUT2D eigenvalue weighted by molar-refractivity contribution is 5.95. The number of nitrogen functional groups attached to an aromatic ring is 1. The standard InChI is InChI=1S/C27H25F2N5O3/c1-16-8-20(18-3-5-19(6-4-18)25(35)34-14-27(28,29)15-34)9-21-10-22(37-24(16)21)13-33-26(36)32-12-17-2-7-23(30)31-11-17/h2-11H,12-15H2,1H3,(H2,30,31)(H2,32,33,36). The van der Waals surface area contributed by atoms with Gasteiger partial charge in [0.15, 0.2) is 0 Å². The average Bonchev–Trinajstić information content (AvgIpc) is 3.29. The van der Waals surface area contributed by atoms with Crippen LogP contribution in [0.3, 0.4) is 0 Å². The zero-order valence-corrected chi connectivity index (χ0v) is 20.1. The Morgan fingerprint density at radius 1 is 1.03 bits per heavy atom. The van der Waals surface area contributed by atoms with E-state index in [1.54, 1.807) is 42.6 Å². The molecule has 2 aromatic carbocycles. The van der Waals surface area contributed by atoms with Gasteiger partial charge in [0.2, 0.25) is 0 Å². The van der Waals surface area contributed by atoms with Crippen LogP contribution in [0.5, 0.6) is 0 Å². The number of hydrogen-bond acceptors (Lipinski definition) is 5. The van der Waals surface area contributed by atoms with Crippen LogP contribution < -0.4 is 16.4 Å². The number of benzene rings is 2. The molecule has 0 radical (unpaired) electrons. The number of amides is 3. The van der Waals surface area contributed by atoms with Crippen LogP contribution in [0.4, 0.5) is 19.4 Å². The fourth-order valence-electron chi connectivity index (χ4n) is 4.23. The van der Waals surface area contributed by atoms with Crippen molar-refractivity contribution in [2.24, 2.45) is 0 Å². The summed E-state index contributed by atoms with van der Waals surface area (Å²) in [5, 5.41) is 6.41. The summed E-state index contributed by atoms with van der Waals surface area (Å²) < 4.78 is 32.1. The highest BCUT2D eigenvalue weighted by Gasteiger charge is 2.46. The lowest BCUT2D eigenvalue weighted by Crippen LogP contribution is -2.58. The largest absolute Gasteiger partial charge is 0.459 e. The summed E-state index contributed by atoms with van der Waals surface area (Å²) in [6.07, 6.45) is 1.61. The molecule has 0 aliphatic carbocycles. The van der Waals surface area contributed by atoms with Gasteiger partial charge in [0, 0.05) is 23.7 Å². The molecule has 8 nitrogen and oxygen atoms in total. The number of urea groups is 1. The van der Waals surface area contributed by atoms with Gasteiger partial charge in [0.25, 0.3) is 11.8 Å². The number of nitrogens with zero attached hydrogens (tertiary/aromatic N) is 2. The lowest BCUT2D eigenvalue weighted by Gasteiger charge is -2.38. The molecule has 5 rings (SSSR count). The second kappa shape index (κ2) is 9.53. The number of aromatic nitrogens is 1. The lowest BCUT2D eigenvalue weighted by atomic mass is 9.99. The number of rotatable bonds is 6. The molecule has 1 aliphatic heterocycles. The molecule has 190 valence electrons. The summed E-state index contributed by atoms with van der Waals surface area (Å²) in [7, 11) is 0. The van der Waals surface area contributed by atoms with E-state index in [0.717, 1.165) is 38.1 Å². The quantitative estimate of drug-likeness (QED) is 0.358. The van der Waals surface area contributed by atoms with Crippen molar-refractivity contribution in [2.45, 2.75) is 25.9 Å². The molecule has 3 heterocycles. The van der Waals surface area contributed by atoms with E-state index in [4.69, 9.17) is 10.2 Å². The zero-order valence-electron chi connectivity index (χ0n) is 20.1. The lowest BCUT2D eigenvalue weighted by molar-refractivity contribution is -0.113. The molecule has 37 heavy (non-hydrogen) atoms. The van der Waals surface area contributed by atoms with E-state index >= 15 is 0 Å². The van der Waals surface area contributed by atoms with E-state index in [2.05, 4.69) is 15.6 Å². The fraction of sp³-hybridized carbons (Fsp3) is 0.222. The van der Waals surface area contributed by atoms with Crippen molar-refractivity contribution >= 4 is 28.7 Å². The van der Waals surface area contributed by atoms with Gasteiger partial charge in [0.1, 0.15) is 17.2 Å². The van der Waals surface area contributed by atoms with Crippen LogP contribution in [0.2, 0.25) is 0 Å². The number of furan rings is 1. The first-order valence-corrected chi connectivity index (χ1v) is 11.7. The molecule has 4 N–H and O–H groups in total. The minimum Gasteiger partial charge on any atom is -0.459 e. The topological polar surface area (TPSA) is 113 Å². The van der Waals surface area contributed by atoms with Crippen molar-refractivity contribution < 1.29 is 22.8 Å². The number of pyridine rings is 1. The maximum atomic E-state index is 13.1.